The molecule has 3 aromatic carbocycles. The molecule has 2 atom stereocenters. The number of ketones is 1. The largest absolute Gasteiger partial charge is 0.456 e. The van der Waals surface area contributed by atoms with Crippen molar-refractivity contribution in [1.82, 2.24) is 10.0 Å². The van der Waals surface area contributed by atoms with Crippen LogP contribution in [0.2, 0.25) is 0 Å². The van der Waals surface area contributed by atoms with Gasteiger partial charge in [0.05, 0.1) is 17.0 Å². The zero-order valence-corrected chi connectivity index (χ0v) is 22.7. The van der Waals surface area contributed by atoms with Crippen molar-refractivity contribution in [2.24, 2.45) is 11.7 Å². The molecule has 0 aliphatic heterocycles. The van der Waals surface area contributed by atoms with E-state index in [9.17, 15) is 18.0 Å². The highest BCUT2D eigenvalue weighted by molar-refractivity contribution is 7.89. The molecule has 0 aliphatic rings. The molecular formula is C29H33N3O6S. The first kappa shape index (κ1) is 28.3. The van der Waals surface area contributed by atoms with Gasteiger partial charge in [0, 0.05) is 17.3 Å². The Balaban J connectivity index is 1.34. The summed E-state index contributed by atoms with van der Waals surface area (Å²) in [7, 11) is -3.86. The zero-order chi connectivity index (χ0) is 28.0. The average molecular weight is 552 g/mol. The SMILES string of the molecule is CC(C)C[C@H](NC(=O)OCc1ccccc1)C(=O)C(N)CCNS(=O)(=O)c1ccc2oc3ccccc3c2c1. The van der Waals surface area contributed by atoms with Gasteiger partial charge in [-0.15, -0.1) is 0 Å². The van der Waals surface area contributed by atoms with Crippen LogP contribution in [0.3, 0.4) is 0 Å². The summed E-state index contributed by atoms with van der Waals surface area (Å²) >= 11 is 0. The highest BCUT2D eigenvalue weighted by Gasteiger charge is 2.27. The van der Waals surface area contributed by atoms with E-state index in [-0.39, 0.29) is 36.2 Å². The summed E-state index contributed by atoms with van der Waals surface area (Å²) in [6.07, 6.45) is -0.283. The number of rotatable bonds is 12. The standard InChI is InChI=1S/C29H33N3O6S/c1-19(2)16-25(32-29(34)37-18-20-8-4-3-5-9-20)28(33)24(30)14-15-31-39(35,36)21-12-13-27-23(17-21)22-10-6-7-11-26(22)38-27/h3-13,17,19,24-25,31H,14-16,18,30H2,1-2H3,(H,32,34)/t24?,25-/m0/s1. The number of carbonyl (C=O) groups excluding carboxylic acids is 2. The zero-order valence-electron chi connectivity index (χ0n) is 21.9. The van der Waals surface area contributed by atoms with E-state index in [1.54, 1.807) is 12.1 Å². The van der Waals surface area contributed by atoms with Gasteiger partial charge in [0.2, 0.25) is 10.0 Å². The van der Waals surface area contributed by atoms with Crippen molar-refractivity contribution in [2.45, 2.75) is 50.3 Å². The van der Waals surface area contributed by atoms with Crippen LogP contribution >= 0.6 is 0 Å². The Labute approximate surface area is 227 Å². The van der Waals surface area contributed by atoms with Crippen molar-refractivity contribution >= 4 is 43.8 Å². The number of hydrogen-bond acceptors (Lipinski definition) is 7. The van der Waals surface area contributed by atoms with Crippen LogP contribution in [0.25, 0.3) is 21.9 Å². The van der Waals surface area contributed by atoms with E-state index in [4.69, 9.17) is 14.9 Å². The lowest BCUT2D eigenvalue weighted by atomic mass is 9.95. The number of fused-ring (bicyclic) bond motifs is 3. The lowest BCUT2D eigenvalue weighted by molar-refractivity contribution is -0.122. The van der Waals surface area contributed by atoms with Gasteiger partial charge in [-0.3, -0.25) is 4.79 Å². The maximum Gasteiger partial charge on any atom is 0.408 e. The number of benzene rings is 3. The van der Waals surface area contributed by atoms with E-state index >= 15 is 0 Å². The number of hydrogen-bond donors (Lipinski definition) is 3. The van der Waals surface area contributed by atoms with Crippen LogP contribution in [0.15, 0.2) is 82.1 Å². The number of Topliss-reactive ketones (excluding diaryl/α,β-unsaturated/α-hetero) is 1. The smallest absolute Gasteiger partial charge is 0.408 e. The number of carbonyl (C=O) groups is 2. The second-order valence-corrected chi connectivity index (χ2v) is 11.6. The fourth-order valence-corrected chi connectivity index (χ4v) is 5.40. The predicted molar refractivity (Wildman–Crippen MR) is 150 cm³/mol. The van der Waals surface area contributed by atoms with Crippen molar-refractivity contribution in [3.8, 4) is 0 Å². The highest BCUT2D eigenvalue weighted by atomic mass is 32.2. The maximum absolute atomic E-state index is 13.1. The van der Waals surface area contributed by atoms with Gasteiger partial charge in [0.25, 0.3) is 0 Å². The molecule has 39 heavy (non-hydrogen) atoms. The average Bonchev–Trinajstić information content (AvgIpc) is 3.29. The molecule has 1 aromatic heterocycles. The minimum atomic E-state index is -3.86. The summed E-state index contributed by atoms with van der Waals surface area (Å²) in [4.78, 5) is 25.5. The fourth-order valence-electron chi connectivity index (χ4n) is 4.33. The van der Waals surface area contributed by atoms with Gasteiger partial charge in [0.1, 0.15) is 17.8 Å². The van der Waals surface area contributed by atoms with Gasteiger partial charge in [-0.1, -0.05) is 62.4 Å². The summed E-state index contributed by atoms with van der Waals surface area (Å²) in [5.74, 6) is -0.279. The number of sulfonamides is 1. The normalized spacial score (nSPS) is 13.4. The number of nitrogens with one attached hydrogen (secondary N) is 2. The molecule has 206 valence electrons. The minimum absolute atomic E-state index is 0.0493. The first-order valence-corrected chi connectivity index (χ1v) is 14.3. The first-order chi connectivity index (χ1) is 18.6. The number of ether oxygens (including phenoxy) is 1. The Morgan fingerprint density at radius 2 is 1.64 bits per heavy atom. The second kappa shape index (κ2) is 12.4. The number of furan rings is 1. The van der Waals surface area contributed by atoms with Gasteiger partial charge >= 0.3 is 6.09 Å². The van der Waals surface area contributed by atoms with Crippen LogP contribution < -0.4 is 15.8 Å². The highest BCUT2D eigenvalue weighted by Crippen LogP contribution is 2.30. The molecule has 0 fully saturated rings. The van der Waals surface area contributed by atoms with E-state index < -0.39 is 28.2 Å². The fraction of sp³-hybridized carbons (Fsp3) is 0.310. The molecular weight excluding hydrogens is 518 g/mol. The molecule has 0 radical (unpaired) electrons. The summed E-state index contributed by atoms with van der Waals surface area (Å²) in [6, 6.07) is 19.4. The molecule has 9 nitrogen and oxygen atoms in total. The molecule has 0 saturated heterocycles. The van der Waals surface area contributed by atoms with E-state index in [0.717, 1.165) is 10.9 Å². The van der Waals surface area contributed by atoms with Crippen LogP contribution in [0, 0.1) is 5.92 Å². The quantitative estimate of drug-likeness (QED) is 0.236. The Hall–Kier alpha value is -3.73. The summed E-state index contributed by atoms with van der Waals surface area (Å²) < 4.78 is 39.5. The van der Waals surface area contributed by atoms with E-state index in [1.165, 1.54) is 6.07 Å². The van der Waals surface area contributed by atoms with Crippen LogP contribution in [0.5, 0.6) is 0 Å². The number of para-hydroxylation sites is 1. The third kappa shape index (κ3) is 7.23. The van der Waals surface area contributed by atoms with Crippen molar-refractivity contribution in [3.05, 3.63) is 78.4 Å². The van der Waals surface area contributed by atoms with Gasteiger partial charge in [0.15, 0.2) is 5.78 Å². The van der Waals surface area contributed by atoms with Crippen LogP contribution in [-0.4, -0.2) is 38.9 Å². The molecule has 0 spiro atoms. The minimum Gasteiger partial charge on any atom is -0.456 e. The number of alkyl carbamates (subject to hydrolysis) is 1. The molecule has 4 N–H and O–H groups in total. The van der Waals surface area contributed by atoms with E-state index in [1.807, 2.05) is 68.4 Å². The molecule has 0 aliphatic carbocycles. The van der Waals surface area contributed by atoms with Crippen LogP contribution in [0.4, 0.5) is 4.79 Å². The second-order valence-electron chi connectivity index (χ2n) is 9.84. The van der Waals surface area contributed by atoms with Gasteiger partial charge in [-0.2, -0.15) is 0 Å². The molecule has 1 heterocycles. The van der Waals surface area contributed by atoms with Crippen molar-refractivity contribution in [3.63, 3.8) is 0 Å². The van der Waals surface area contributed by atoms with Gasteiger partial charge in [-0.05, 0) is 48.6 Å². The van der Waals surface area contributed by atoms with E-state index in [2.05, 4.69) is 10.0 Å². The molecule has 1 unspecified atom stereocenters. The molecule has 0 bridgehead atoms. The Bertz CT molecular complexity index is 1550. The predicted octanol–water partition coefficient (Wildman–Crippen LogP) is 4.49. The molecule has 4 rings (SSSR count). The lowest BCUT2D eigenvalue weighted by Gasteiger charge is -2.22. The lowest BCUT2D eigenvalue weighted by Crippen LogP contribution is -2.49. The first-order valence-electron chi connectivity index (χ1n) is 12.8. The number of nitrogens with two attached hydrogens (primary N) is 1. The monoisotopic (exact) mass is 551 g/mol. The molecule has 10 heteroatoms. The molecule has 4 aromatic rings. The van der Waals surface area contributed by atoms with Gasteiger partial charge < -0.3 is 20.2 Å². The Kier molecular flexibility index (Phi) is 9.01. The Morgan fingerprint density at radius 1 is 0.949 bits per heavy atom. The molecule has 1 amide bonds. The Morgan fingerprint density at radius 3 is 2.38 bits per heavy atom. The van der Waals surface area contributed by atoms with Crippen molar-refractivity contribution in [2.75, 3.05) is 6.54 Å². The van der Waals surface area contributed by atoms with Gasteiger partial charge in [-0.25, -0.2) is 17.9 Å². The number of amides is 1. The third-order valence-electron chi connectivity index (χ3n) is 6.33. The van der Waals surface area contributed by atoms with Crippen LogP contribution in [-0.2, 0) is 26.2 Å². The van der Waals surface area contributed by atoms with E-state index in [0.29, 0.717) is 23.0 Å². The molecule has 0 saturated carbocycles. The van der Waals surface area contributed by atoms with Crippen molar-refractivity contribution in [1.29, 1.82) is 0 Å². The summed E-state index contributed by atoms with van der Waals surface area (Å²) in [5.41, 5.74) is 8.22. The topological polar surface area (TPSA) is 141 Å². The third-order valence-corrected chi connectivity index (χ3v) is 7.79. The van der Waals surface area contributed by atoms with Crippen LogP contribution in [0.1, 0.15) is 32.3 Å². The summed E-state index contributed by atoms with van der Waals surface area (Å²) in [6.45, 7) is 3.88. The maximum atomic E-state index is 13.1. The van der Waals surface area contributed by atoms with Crippen molar-refractivity contribution < 1.29 is 27.2 Å². The summed E-state index contributed by atoms with van der Waals surface area (Å²) in [5, 5.41) is 4.14.